The van der Waals surface area contributed by atoms with Crippen molar-refractivity contribution in [2.24, 2.45) is 15.4 Å². The Hall–Kier alpha value is -3.71. The summed E-state index contributed by atoms with van der Waals surface area (Å²) in [5, 5.41) is 21.5. The van der Waals surface area contributed by atoms with Crippen LogP contribution in [0.25, 0.3) is 22.3 Å². The number of rotatable bonds is 6. The molecular formula is C25H24N6O. The summed E-state index contributed by atoms with van der Waals surface area (Å²) in [5.74, 6) is 0.992. The van der Waals surface area contributed by atoms with Gasteiger partial charge in [-0.2, -0.15) is 5.11 Å². The van der Waals surface area contributed by atoms with Crippen LogP contribution in [0.3, 0.4) is 0 Å². The lowest BCUT2D eigenvalue weighted by Gasteiger charge is -2.11. The number of aryl methyl sites for hydroxylation is 2. The average molecular weight is 425 g/mol. The zero-order chi connectivity index (χ0) is 22.1. The maximum Gasteiger partial charge on any atom is 0.160 e. The first kappa shape index (κ1) is 20.2. The largest absolute Gasteiger partial charge is 0.390 e. The Morgan fingerprint density at radius 3 is 2.47 bits per heavy atom. The van der Waals surface area contributed by atoms with E-state index in [1.807, 2.05) is 25.1 Å². The molecule has 0 spiro atoms. The molecule has 2 aromatic heterocycles. The summed E-state index contributed by atoms with van der Waals surface area (Å²) in [6, 6.07) is 18.7. The highest BCUT2D eigenvalue weighted by atomic mass is 16.3. The summed E-state index contributed by atoms with van der Waals surface area (Å²) in [7, 11) is 0. The highest BCUT2D eigenvalue weighted by Gasteiger charge is 2.16. The van der Waals surface area contributed by atoms with Gasteiger partial charge in [-0.1, -0.05) is 55.5 Å². The Labute approximate surface area is 186 Å². The van der Waals surface area contributed by atoms with Gasteiger partial charge in [0.25, 0.3) is 0 Å². The quantitative estimate of drug-likeness (QED) is 0.487. The predicted molar refractivity (Wildman–Crippen MR) is 125 cm³/mol. The number of aliphatic hydroxyl groups excluding tert-OH is 1. The van der Waals surface area contributed by atoms with E-state index in [0.29, 0.717) is 18.8 Å². The van der Waals surface area contributed by atoms with E-state index in [1.165, 1.54) is 0 Å². The van der Waals surface area contributed by atoms with Crippen LogP contribution in [-0.2, 0) is 19.6 Å². The Kier molecular flexibility index (Phi) is 5.33. The first-order valence-electron chi connectivity index (χ1n) is 10.8. The molecule has 0 saturated carbocycles. The van der Waals surface area contributed by atoms with E-state index < -0.39 is 0 Å². The predicted octanol–water partition coefficient (Wildman–Crippen LogP) is 4.68. The first-order valence-corrected chi connectivity index (χ1v) is 10.8. The van der Waals surface area contributed by atoms with Gasteiger partial charge < -0.3 is 9.67 Å². The lowest BCUT2D eigenvalue weighted by Crippen LogP contribution is -2.06. The van der Waals surface area contributed by atoms with Gasteiger partial charge in [-0.05, 0) is 40.5 Å². The third-order valence-corrected chi connectivity index (χ3v) is 5.80. The van der Waals surface area contributed by atoms with Gasteiger partial charge in [-0.3, -0.25) is 0 Å². The molecule has 1 aliphatic heterocycles. The van der Waals surface area contributed by atoms with Crippen molar-refractivity contribution in [2.45, 2.75) is 33.4 Å². The van der Waals surface area contributed by atoms with E-state index >= 15 is 0 Å². The normalized spacial score (nSPS) is 13.2. The van der Waals surface area contributed by atoms with Crippen LogP contribution in [0.1, 0.15) is 35.1 Å². The molecule has 0 radical (unpaired) electrons. The van der Waals surface area contributed by atoms with Crippen molar-refractivity contribution in [3.05, 3.63) is 82.8 Å². The van der Waals surface area contributed by atoms with Crippen LogP contribution in [-0.4, -0.2) is 31.9 Å². The number of benzene rings is 2. The lowest BCUT2D eigenvalue weighted by atomic mass is 9.96. The van der Waals surface area contributed by atoms with Crippen molar-refractivity contribution in [2.75, 3.05) is 6.54 Å². The zero-order valence-corrected chi connectivity index (χ0v) is 18.2. The van der Waals surface area contributed by atoms with Gasteiger partial charge >= 0.3 is 0 Å². The van der Waals surface area contributed by atoms with Gasteiger partial charge in [0.2, 0.25) is 0 Å². The summed E-state index contributed by atoms with van der Waals surface area (Å²) in [6.07, 6.45) is 0.813. The molecule has 1 N–H and O–H groups in total. The third kappa shape index (κ3) is 3.61. The van der Waals surface area contributed by atoms with E-state index in [2.05, 4.69) is 68.3 Å². The maximum atomic E-state index is 9.59. The molecule has 0 amide bonds. The molecule has 1 aliphatic rings. The molecule has 0 bridgehead atoms. The number of nitrogens with zero attached hydrogens (tertiary/aromatic N) is 6. The van der Waals surface area contributed by atoms with E-state index in [9.17, 15) is 5.11 Å². The SMILES string of the molecule is CCc1nc2c(C)cc(CO)nc2n1Cc1ccc(-c2ccccc2C2=NN=NC2)cc1. The topological polar surface area (TPSA) is 88.0 Å². The second kappa shape index (κ2) is 8.43. The molecule has 5 rings (SSSR count). The third-order valence-electron chi connectivity index (χ3n) is 5.80. The van der Waals surface area contributed by atoms with Gasteiger partial charge in [0.1, 0.15) is 17.9 Å². The minimum Gasteiger partial charge on any atom is -0.390 e. The van der Waals surface area contributed by atoms with Crippen LogP contribution < -0.4 is 0 Å². The van der Waals surface area contributed by atoms with Crippen LogP contribution in [0.5, 0.6) is 0 Å². The second-order valence-electron chi connectivity index (χ2n) is 7.91. The van der Waals surface area contributed by atoms with Gasteiger partial charge in [-0.25, -0.2) is 9.97 Å². The fourth-order valence-corrected chi connectivity index (χ4v) is 4.18. The Balaban J connectivity index is 1.49. The van der Waals surface area contributed by atoms with Crippen molar-refractivity contribution in [3.63, 3.8) is 0 Å². The molecule has 2 aromatic carbocycles. The second-order valence-corrected chi connectivity index (χ2v) is 7.91. The van der Waals surface area contributed by atoms with E-state index in [1.54, 1.807) is 0 Å². The Morgan fingerprint density at radius 1 is 1.00 bits per heavy atom. The highest BCUT2D eigenvalue weighted by Crippen LogP contribution is 2.27. The number of aliphatic hydroxyl groups is 1. The molecule has 0 fully saturated rings. The van der Waals surface area contributed by atoms with Crippen molar-refractivity contribution >= 4 is 16.9 Å². The van der Waals surface area contributed by atoms with Crippen LogP contribution >= 0.6 is 0 Å². The maximum absolute atomic E-state index is 9.59. The van der Waals surface area contributed by atoms with Crippen molar-refractivity contribution in [1.82, 2.24) is 14.5 Å². The fraction of sp³-hybridized carbons (Fsp3) is 0.240. The number of hydrogen-bond donors (Lipinski definition) is 1. The summed E-state index contributed by atoms with van der Waals surface area (Å²) in [6.45, 7) is 5.23. The lowest BCUT2D eigenvalue weighted by molar-refractivity contribution is 0.277. The molecule has 0 atom stereocenters. The fourth-order valence-electron chi connectivity index (χ4n) is 4.18. The molecule has 0 aliphatic carbocycles. The highest BCUT2D eigenvalue weighted by molar-refractivity contribution is 6.07. The standard InChI is InChI=1S/C25H24N6O/c1-3-23-28-24-16(2)12-19(15-32)27-25(24)31(23)14-17-8-10-18(11-9-17)20-6-4-5-7-21(20)22-13-26-30-29-22/h4-12,32H,3,13-15H2,1-2H3. The molecular weight excluding hydrogens is 400 g/mol. The molecule has 160 valence electrons. The van der Waals surface area contributed by atoms with E-state index in [0.717, 1.165) is 56.9 Å². The average Bonchev–Trinajstić information content (AvgIpc) is 3.48. The van der Waals surface area contributed by atoms with Crippen LogP contribution in [0, 0.1) is 6.92 Å². The Bertz CT molecular complexity index is 1350. The molecule has 3 heterocycles. The van der Waals surface area contributed by atoms with Crippen molar-refractivity contribution in [1.29, 1.82) is 0 Å². The molecule has 32 heavy (non-hydrogen) atoms. The number of hydrogen-bond acceptors (Lipinski definition) is 6. The molecule has 4 aromatic rings. The number of aromatic nitrogens is 3. The van der Waals surface area contributed by atoms with E-state index in [4.69, 9.17) is 4.98 Å². The first-order chi connectivity index (χ1) is 15.7. The van der Waals surface area contributed by atoms with Gasteiger partial charge in [0.05, 0.1) is 24.6 Å². The summed E-state index contributed by atoms with van der Waals surface area (Å²) in [5.41, 5.74) is 8.80. The number of fused-ring (bicyclic) bond motifs is 1. The number of pyridine rings is 1. The molecule has 0 unspecified atom stereocenters. The van der Waals surface area contributed by atoms with Gasteiger partial charge in [-0.15, -0.1) is 5.10 Å². The van der Waals surface area contributed by atoms with Gasteiger partial charge in [0.15, 0.2) is 5.65 Å². The Morgan fingerprint density at radius 2 is 1.78 bits per heavy atom. The zero-order valence-electron chi connectivity index (χ0n) is 18.2. The monoisotopic (exact) mass is 424 g/mol. The summed E-state index contributed by atoms with van der Waals surface area (Å²) >= 11 is 0. The van der Waals surface area contributed by atoms with Crippen molar-refractivity contribution < 1.29 is 5.11 Å². The van der Waals surface area contributed by atoms with E-state index in [-0.39, 0.29) is 6.61 Å². The number of imidazole rings is 1. The van der Waals surface area contributed by atoms with Gasteiger partial charge in [0, 0.05) is 12.0 Å². The minimum absolute atomic E-state index is 0.0800. The molecule has 7 nitrogen and oxygen atoms in total. The van der Waals surface area contributed by atoms with Crippen LogP contribution in [0.15, 0.2) is 70.0 Å². The molecule has 0 saturated heterocycles. The smallest absolute Gasteiger partial charge is 0.160 e. The van der Waals surface area contributed by atoms with Crippen LogP contribution in [0.4, 0.5) is 0 Å². The summed E-state index contributed by atoms with van der Waals surface area (Å²) < 4.78 is 2.15. The minimum atomic E-state index is -0.0800. The molecule has 7 heteroatoms. The van der Waals surface area contributed by atoms with Crippen molar-refractivity contribution in [3.8, 4) is 11.1 Å². The summed E-state index contributed by atoms with van der Waals surface area (Å²) in [4.78, 5) is 9.47. The van der Waals surface area contributed by atoms with Crippen LogP contribution in [0.2, 0.25) is 0 Å².